The van der Waals surface area contributed by atoms with Crippen molar-refractivity contribution in [3.8, 4) is 11.5 Å². The molecule has 6 heteroatoms. The van der Waals surface area contributed by atoms with Crippen molar-refractivity contribution in [3.05, 3.63) is 23.8 Å². The second-order valence-electron chi connectivity index (χ2n) is 3.80. The minimum atomic E-state index is -0.809. The first-order chi connectivity index (χ1) is 7.91. The number of alkyl halides is 2. The van der Waals surface area contributed by atoms with Gasteiger partial charge in [0.15, 0.2) is 11.5 Å². The lowest BCUT2D eigenvalue weighted by molar-refractivity contribution is 0.171. The van der Waals surface area contributed by atoms with Crippen LogP contribution in [0.2, 0.25) is 0 Å². The number of benzene rings is 1. The number of hydrogen-bond acceptors (Lipinski definition) is 4. The first kappa shape index (κ1) is 14.4. The molecule has 0 amide bonds. The minimum Gasteiger partial charge on any atom is -0.504 e. The van der Waals surface area contributed by atoms with Gasteiger partial charge in [0.05, 0.1) is 6.10 Å². The van der Waals surface area contributed by atoms with Gasteiger partial charge < -0.3 is 20.6 Å². The highest BCUT2D eigenvalue weighted by atomic mass is 35.5. The van der Waals surface area contributed by atoms with Crippen molar-refractivity contribution in [2.24, 2.45) is 0 Å². The van der Waals surface area contributed by atoms with Gasteiger partial charge in [-0.1, -0.05) is 6.07 Å². The molecular formula is C11H15Cl2NO3. The zero-order valence-corrected chi connectivity index (χ0v) is 10.8. The lowest BCUT2D eigenvalue weighted by atomic mass is 10.1. The van der Waals surface area contributed by atoms with Crippen LogP contribution in [0.3, 0.4) is 0 Å². The van der Waals surface area contributed by atoms with E-state index in [0.717, 1.165) is 0 Å². The van der Waals surface area contributed by atoms with Gasteiger partial charge in [0.1, 0.15) is 4.84 Å². The Balaban J connectivity index is 2.58. The number of aliphatic hydroxyl groups excluding tert-OH is 1. The van der Waals surface area contributed by atoms with E-state index in [4.69, 9.17) is 28.3 Å². The van der Waals surface area contributed by atoms with Crippen molar-refractivity contribution in [3.63, 3.8) is 0 Å². The molecule has 2 atom stereocenters. The third kappa shape index (κ3) is 4.24. The van der Waals surface area contributed by atoms with E-state index in [9.17, 15) is 10.2 Å². The molecule has 17 heavy (non-hydrogen) atoms. The van der Waals surface area contributed by atoms with Gasteiger partial charge in [-0.25, -0.2) is 0 Å². The molecule has 0 aliphatic heterocycles. The Bertz CT molecular complexity index is 374. The number of hydrogen-bond donors (Lipinski definition) is 4. The number of rotatable bonds is 5. The molecular weight excluding hydrogens is 265 g/mol. The number of halogens is 2. The van der Waals surface area contributed by atoms with E-state index in [2.05, 4.69) is 5.32 Å². The average Bonchev–Trinajstić information content (AvgIpc) is 2.28. The van der Waals surface area contributed by atoms with Gasteiger partial charge >= 0.3 is 0 Å². The molecule has 0 aliphatic rings. The SMILES string of the molecule is CC(NCC(O)c1ccc(O)c(O)c1)C(Cl)Cl. The number of phenols is 2. The third-order valence-corrected chi connectivity index (χ3v) is 3.15. The first-order valence-corrected chi connectivity index (χ1v) is 6.00. The summed E-state index contributed by atoms with van der Waals surface area (Å²) in [6.45, 7) is 2.05. The van der Waals surface area contributed by atoms with Crippen LogP contribution in [-0.2, 0) is 0 Å². The van der Waals surface area contributed by atoms with Crippen LogP contribution in [0.4, 0.5) is 0 Å². The van der Waals surface area contributed by atoms with Gasteiger partial charge in [0.2, 0.25) is 0 Å². The fraction of sp³-hybridized carbons (Fsp3) is 0.455. The number of aliphatic hydroxyl groups is 1. The quantitative estimate of drug-likeness (QED) is 0.491. The zero-order valence-electron chi connectivity index (χ0n) is 9.27. The summed E-state index contributed by atoms with van der Waals surface area (Å²) in [5, 5.41) is 31.2. The summed E-state index contributed by atoms with van der Waals surface area (Å²) < 4.78 is 0. The van der Waals surface area contributed by atoms with E-state index in [-0.39, 0.29) is 24.1 Å². The molecule has 0 heterocycles. The summed E-state index contributed by atoms with van der Waals surface area (Å²) >= 11 is 11.3. The molecule has 0 spiro atoms. The molecule has 0 fully saturated rings. The molecule has 0 aromatic heterocycles. The Kier molecular flexibility index (Phi) is 5.33. The Morgan fingerprint density at radius 1 is 1.24 bits per heavy atom. The van der Waals surface area contributed by atoms with Gasteiger partial charge in [-0.3, -0.25) is 0 Å². The second-order valence-corrected chi connectivity index (χ2v) is 4.96. The van der Waals surface area contributed by atoms with Gasteiger partial charge in [-0.15, -0.1) is 23.2 Å². The average molecular weight is 280 g/mol. The van der Waals surface area contributed by atoms with Gasteiger partial charge in [-0.05, 0) is 24.6 Å². The van der Waals surface area contributed by atoms with Crippen LogP contribution in [0.1, 0.15) is 18.6 Å². The molecule has 0 aliphatic carbocycles. The van der Waals surface area contributed by atoms with E-state index in [1.54, 1.807) is 6.92 Å². The van der Waals surface area contributed by atoms with Crippen LogP contribution >= 0.6 is 23.2 Å². The van der Waals surface area contributed by atoms with Gasteiger partial charge in [0, 0.05) is 12.6 Å². The molecule has 1 aromatic rings. The molecule has 96 valence electrons. The van der Waals surface area contributed by atoms with Crippen molar-refractivity contribution in [1.29, 1.82) is 0 Å². The summed E-state index contributed by atoms with van der Waals surface area (Å²) in [6, 6.07) is 4.01. The molecule has 1 aromatic carbocycles. The first-order valence-electron chi connectivity index (χ1n) is 5.13. The van der Waals surface area contributed by atoms with Crippen LogP contribution in [0, 0.1) is 0 Å². The summed E-state index contributed by atoms with van der Waals surface area (Å²) in [5.74, 6) is -0.481. The smallest absolute Gasteiger partial charge is 0.157 e. The van der Waals surface area contributed by atoms with E-state index in [1.807, 2.05) is 0 Å². The fourth-order valence-corrected chi connectivity index (χ4v) is 1.43. The zero-order chi connectivity index (χ0) is 13.0. The Morgan fingerprint density at radius 2 is 1.88 bits per heavy atom. The third-order valence-electron chi connectivity index (χ3n) is 2.40. The van der Waals surface area contributed by atoms with E-state index in [1.165, 1.54) is 18.2 Å². The normalized spacial score (nSPS) is 14.9. The van der Waals surface area contributed by atoms with Crippen molar-refractivity contribution < 1.29 is 15.3 Å². The molecule has 4 N–H and O–H groups in total. The van der Waals surface area contributed by atoms with Crippen LogP contribution < -0.4 is 5.32 Å². The highest BCUT2D eigenvalue weighted by molar-refractivity contribution is 6.44. The topological polar surface area (TPSA) is 72.7 Å². The fourth-order valence-electron chi connectivity index (χ4n) is 1.25. The Hall–Kier alpha value is -0.680. The van der Waals surface area contributed by atoms with Crippen molar-refractivity contribution in [1.82, 2.24) is 5.32 Å². The summed E-state index contributed by atoms with van der Waals surface area (Å²) in [7, 11) is 0. The summed E-state index contributed by atoms with van der Waals surface area (Å²) in [5.41, 5.74) is 0.501. The predicted molar refractivity (Wildman–Crippen MR) is 67.7 cm³/mol. The monoisotopic (exact) mass is 279 g/mol. The van der Waals surface area contributed by atoms with Gasteiger partial charge in [0.25, 0.3) is 0 Å². The molecule has 4 nitrogen and oxygen atoms in total. The Morgan fingerprint density at radius 3 is 2.41 bits per heavy atom. The summed E-state index contributed by atoms with van der Waals surface area (Å²) in [4.78, 5) is -0.560. The van der Waals surface area contributed by atoms with E-state index in [0.29, 0.717) is 5.56 Å². The molecule has 0 bridgehead atoms. The predicted octanol–water partition coefficient (Wildman–Crippen LogP) is 1.91. The highest BCUT2D eigenvalue weighted by Crippen LogP contribution is 2.27. The lowest BCUT2D eigenvalue weighted by Gasteiger charge is -2.18. The standard InChI is InChI=1S/C11H15Cl2NO3/c1-6(11(12)13)14-5-10(17)7-2-3-8(15)9(16)4-7/h2-4,6,10-11,14-17H,5H2,1H3. The summed E-state index contributed by atoms with van der Waals surface area (Å²) in [6.07, 6.45) is -0.809. The van der Waals surface area contributed by atoms with Crippen molar-refractivity contribution >= 4 is 23.2 Å². The lowest BCUT2D eigenvalue weighted by Crippen LogP contribution is -2.34. The maximum absolute atomic E-state index is 9.83. The van der Waals surface area contributed by atoms with Crippen LogP contribution in [0.15, 0.2) is 18.2 Å². The number of phenolic OH excluding ortho intramolecular Hbond substituents is 2. The minimum absolute atomic E-state index is 0.154. The highest BCUT2D eigenvalue weighted by Gasteiger charge is 2.14. The van der Waals surface area contributed by atoms with Crippen molar-refractivity contribution in [2.75, 3.05) is 6.54 Å². The van der Waals surface area contributed by atoms with Gasteiger partial charge in [-0.2, -0.15) is 0 Å². The molecule has 0 saturated heterocycles. The molecule has 2 unspecified atom stereocenters. The second kappa shape index (κ2) is 6.31. The number of nitrogens with one attached hydrogen (secondary N) is 1. The van der Waals surface area contributed by atoms with E-state index >= 15 is 0 Å². The van der Waals surface area contributed by atoms with E-state index < -0.39 is 10.9 Å². The maximum Gasteiger partial charge on any atom is 0.157 e. The van der Waals surface area contributed by atoms with Crippen LogP contribution in [-0.4, -0.2) is 32.7 Å². The van der Waals surface area contributed by atoms with Crippen molar-refractivity contribution in [2.45, 2.75) is 23.9 Å². The number of aromatic hydroxyl groups is 2. The van der Waals surface area contributed by atoms with Crippen LogP contribution in [0.25, 0.3) is 0 Å². The molecule has 0 saturated carbocycles. The maximum atomic E-state index is 9.83. The molecule has 1 rings (SSSR count). The van der Waals surface area contributed by atoms with Crippen LogP contribution in [0.5, 0.6) is 11.5 Å². The molecule has 0 radical (unpaired) electrons. The Labute approximate surface area is 110 Å². The largest absolute Gasteiger partial charge is 0.504 e.